The third-order valence-corrected chi connectivity index (χ3v) is 3.71. The zero-order chi connectivity index (χ0) is 14.8. The lowest BCUT2D eigenvalue weighted by Gasteiger charge is -2.47. The predicted molar refractivity (Wildman–Crippen MR) is 76.2 cm³/mol. The van der Waals surface area contributed by atoms with E-state index in [1.54, 1.807) is 29.2 Å². The van der Waals surface area contributed by atoms with Crippen molar-refractivity contribution in [2.75, 3.05) is 13.1 Å². The standard InChI is InChI=1S/C15H22N2O3/c1-2-7-15(20)9-17(10-15)14(19)13(16)8-11-3-5-12(18)6-4-11/h3-6,13,18,20H,2,7-10,16H2,1H3/t13-/m0/s1. The van der Waals surface area contributed by atoms with E-state index in [1.807, 2.05) is 6.92 Å². The molecule has 110 valence electrons. The van der Waals surface area contributed by atoms with Crippen LogP contribution in [0.2, 0.25) is 0 Å². The quantitative estimate of drug-likeness (QED) is 0.737. The summed E-state index contributed by atoms with van der Waals surface area (Å²) in [5.41, 5.74) is 6.12. The highest BCUT2D eigenvalue weighted by atomic mass is 16.3. The molecule has 0 radical (unpaired) electrons. The van der Waals surface area contributed by atoms with E-state index in [0.717, 1.165) is 12.0 Å². The summed E-state index contributed by atoms with van der Waals surface area (Å²) < 4.78 is 0. The molecule has 1 atom stereocenters. The highest BCUT2D eigenvalue weighted by molar-refractivity contribution is 5.83. The van der Waals surface area contributed by atoms with E-state index in [1.165, 1.54) is 0 Å². The molecule has 20 heavy (non-hydrogen) atoms. The van der Waals surface area contributed by atoms with Crippen molar-refractivity contribution in [3.63, 3.8) is 0 Å². The van der Waals surface area contributed by atoms with Crippen LogP contribution in [0.3, 0.4) is 0 Å². The summed E-state index contributed by atoms with van der Waals surface area (Å²) in [6, 6.07) is 6.07. The lowest BCUT2D eigenvalue weighted by molar-refractivity contribution is -0.157. The van der Waals surface area contributed by atoms with Gasteiger partial charge in [0.2, 0.25) is 5.91 Å². The Morgan fingerprint density at radius 1 is 1.40 bits per heavy atom. The van der Waals surface area contributed by atoms with Crippen LogP contribution >= 0.6 is 0 Å². The molecule has 0 bridgehead atoms. The van der Waals surface area contributed by atoms with Crippen molar-refractivity contribution < 1.29 is 15.0 Å². The van der Waals surface area contributed by atoms with Gasteiger partial charge in [-0.05, 0) is 30.5 Å². The molecule has 0 aromatic heterocycles. The maximum absolute atomic E-state index is 12.1. The van der Waals surface area contributed by atoms with E-state index in [-0.39, 0.29) is 11.7 Å². The molecule has 5 heteroatoms. The van der Waals surface area contributed by atoms with Crippen molar-refractivity contribution in [1.82, 2.24) is 4.90 Å². The summed E-state index contributed by atoms with van der Waals surface area (Å²) in [5, 5.41) is 19.3. The van der Waals surface area contributed by atoms with Crippen LogP contribution in [0.25, 0.3) is 0 Å². The van der Waals surface area contributed by atoms with Gasteiger partial charge in [0.25, 0.3) is 0 Å². The summed E-state index contributed by atoms with van der Waals surface area (Å²) in [6.07, 6.45) is 2.05. The van der Waals surface area contributed by atoms with Gasteiger partial charge in [0.1, 0.15) is 5.75 Å². The fourth-order valence-electron chi connectivity index (χ4n) is 2.65. The Morgan fingerprint density at radius 2 is 2.00 bits per heavy atom. The van der Waals surface area contributed by atoms with E-state index < -0.39 is 11.6 Å². The summed E-state index contributed by atoms with van der Waals surface area (Å²) in [4.78, 5) is 13.7. The molecule has 0 saturated carbocycles. The number of nitrogens with two attached hydrogens (primary N) is 1. The maximum Gasteiger partial charge on any atom is 0.240 e. The van der Waals surface area contributed by atoms with Gasteiger partial charge >= 0.3 is 0 Å². The third kappa shape index (κ3) is 3.29. The average Bonchev–Trinajstić information content (AvgIpc) is 2.38. The van der Waals surface area contributed by atoms with Gasteiger partial charge in [0, 0.05) is 0 Å². The third-order valence-electron chi connectivity index (χ3n) is 3.71. The normalized spacial score (nSPS) is 18.4. The molecule has 1 aromatic carbocycles. The number of nitrogens with zero attached hydrogens (tertiary/aromatic N) is 1. The number of benzene rings is 1. The molecular formula is C15H22N2O3. The van der Waals surface area contributed by atoms with Gasteiger partial charge in [0.05, 0.1) is 24.7 Å². The van der Waals surface area contributed by atoms with Crippen LogP contribution < -0.4 is 5.73 Å². The van der Waals surface area contributed by atoms with E-state index in [4.69, 9.17) is 5.73 Å². The number of aliphatic hydroxyl groups is 1. The van der Waals surface area contributed by atoms with Gasteiger partial charge in [-0.3, -0.25) is 4.79 Å². The van der Waals surface area contributed by atoms with Crippen molar-refractivity contribution in [2.24, 2.45) is 5.73 Å². The van der Waals surface area contributed by atoms with Crippen LogP contribution in [0.5, 0.6) is 5.75 Å². The number of aromatic hydroxyl groups is 1. The number of carbonyl (C=O) groups is 1. The van der Waals surface area contributed by atoms with Crippen LogP contribution in [0.1, 0.15) is 25.3 Å². The van der Waals surface area contributed by atoms with Gasteiger partial charge in [0.15, 0.2) is 0 Å². The van der Waals surface area contributed by atoms with Gasteiger partial charge in [-0.1, -0.05) is 25.5 Å². The number of phenols is 1. The molecule has 1 heterocycles. The average molecular weight is 278 g/mol. The maximum atomic E-state index is 12.1. The van der Waals surface area contributed by atoms with Gasteiger partial charge in [-0.25, -0.2) is 0 Å². The number of hydrogen-bond donors (Lipinski definition) is 3. The van der Waals surface area contributed by atoms with Crippen molar-refractivity contribution in [1.29, 1.82) is 0 Å². The number of phenolic OH excluding ortho intramolecular Hbond substituents is 1. The van der Waals surface area contributed by atoms with Crippen molar-refractivity contribution in [3.05, 3.63) is 29.8 Å². The number of β-amino-alcohol motifs (C(OH)–C–C–N with tert-alkyl or cyclic N) is 1. The molecule has 1 aromatic rings. The summed E-state index contributed by atoms with van der Waals surface area (Å²) >= 11 is 0. The fourth-order valence-corrected chi connectivity index (χ4v) is 2.65. The second kappa shape index (κ2) is 5.81. The number of carbonyl (C=O) groups excluding carboxylic acids is 1. The Morgan fingerprint density at radius 3 is 2.55 bits per heavy atom. The predicted octanol–water partition coefficient (Wildman–Crippen LogP) is 0.635. The van der Waals surface area contributed by atoms with Gasteiger partial charge in [-0.15, -0.1) is 0 Å². The Hall–Kier alpha value is -1.59. The number of hydrogen-bond acceptors (Lipinski definition) is 4. The molecule has 0 unspecified atom stereocenters. The smallest absolute Gasteiger partial charge is 0.240 e. The lowest BCUT2D eigenvalue weighted by atomic mass is 9.88. The van der Waals surface area contributed by atoms with E-state index in [0.29, 0.717) is 25.9 Å². The highest BCUT2D eigenvalue weighted by Crippen LogP contribution is 2.26. The Balaban J connectivity index is 1.86. The van der Waals surface area contributed by atoms with Crippen molar-refractivity contribution >= 4 is 5.91 Å². The van der Waals surface area contributed by atoms with E-state index in [2.05, 4.69) is 0 Å². The summed E-state index contributed by atoms with van der Waals surface area (Å²) in [7, 11) is 0. The number of likely N-dealkylation sites (tertiary alicyclic amines) is 1. The molecule has 1 fully saturated rings. The minimum atomic E-state index is -0.720. The second-order valence-electron chi connectivity index (χ2n) is 5.65. The molecule has 5 nitrogen and oxygen atoms in total. The molecule has 0 aliphatic carbocycles. The summed E-state index contributed by atoms with van der Waals surface area (Å²) in [5.74, 6) is 0.0693. The molecule has 1 saturated heterocycles. The van der Waals surface area contributed by atoms with Gasteiger partial charge < -0.3 is 20.8 Å². The topological polar surface area (TPSA) is 86.8 Å². The first-order valence-corrected chi connectivity index (χ1v) is 6.98. The van der Waals surface area contributed by atoms with Crippen molar-refractivity contribution in [2.45, 2.75) is 37.8 Å². The largest absolute Gasteiger partial charge is 0.508 e. The molecule has 1 aliphatic heterocycles. The monoisotopic (exact) mass is 278 g/mol. The van der Waals surface area contributed by atoms with E-state index in [9.17, 15) is 15.0 Å². The second-order valence-corrected chi connectivity index (χ2v) is 5.65. The van der Waals surface area contributed by atoms with Crippen LogP contribution in [0, 0.1) is 0 Å². The van der Waals surface area contributed by atoms with Crippen LogP contribution in [0.4, 0.5) is 0 Å². The zero-order valence-corrected chi connectivity index (χ0v) is 11.7. The number of rotatable bonds is 5. The molecule has 0 spiro atoms. The minimum Gasteiger partial charge on any atom is -0.508 e. The number of amides is 1. The first kappa shape index (κ1) is 14.8. The minimum absolute atomic E-state index is 0.126. The zero-order valence-electron chi connectivity index (χ0n) is 11.7. The Kier molecular flexibility index (Phi) is 4.30. The van der Waals surface area contributed by atoms with Crippen LogP contribution in [0.15, 0.2) is 24.3 Å². The van der Waals surface area contributed by atoms with Crippen LogP contribution in [-0.4, -0.2) is 45.8 Å². The molecule has 1 amide bonds. The van der Waals surface area contributed by atoms with E-state index >= 15 is 0 Å². The summed E-state index contributed by atoms with van der Waals surface area (Å²) in [6.45, 7) is 2.77. The molecule has 2 rings (SSSR count). The first-order chi connectivity index (χ1) is 9.43. The van der Waals surface area contributed by atoms with Crippen LogP contribution in [-0.2, 0) is 11.2 Å². The fraction of sp³-hybridized carbons (Fsp3) is 0.533. The lowest BCUT2D eigenvalue weighted by Crippen LogP contribution is -2.66. The Bertz CT molecular complexity index is 467. The van der Waals surface area contributed by atoms with Crippen molar-refractivity contribution in [3.8, 4) is 5.75 Å². The Labute approximate surface area is 119 Å². The SMILES string of the molecule is CCCC1(O)CN(C(=O)[C@@H](N)Cc2ccc(O)cc2)C1. The molecule has 1 aliphatic rings. The molecule has 4 N–H and O–H groups in total. The first-order valence-electron chi connectivity index (χ1n) is 6.98. The highest BCUT2D eigenvalue weighted by Gasteiger charge is 2.43. The van der Waals surface area contributed by atoms with Gasteiger partial charge in [-0.2, -0.15) is 0 Å². The molecular weight excluding hydrogens is 256 g/mol.